The van der Waals surface area contributed by atoms with Gasteiger partial charge in [-0.15, -0.1) is 0 Å². The maximum absolute atomic E-state index is 10.1. The Labute approximate surface area is 106 Å². The highest BCUT2D eigenvalue weighted by molar-refractivity contribution is 5.67. The van der Waals surface area contributed by atoms with E-state index in [1.807, 2.05) is 13.0 Å². The van der Waals surface area contributed by atoms with Gasteiger partial charge in [0.25, 0.3) is 0 Å². The summed E-state index contributed by atoms with van der Waals surface area (Å²) in [5, 5.41) is 13.8. The van der Waals surface area contributed by atoms with Crippen LogP contribution >= 0.6 is 0 Å². The van der Waals surface area contributed by atoms with Crippen LogP contribution in [0, 0.1) is 6.92 Å². The van der Waals surface area contributed by atoms with E-state index in [1.54, 1.807) is 12.1 Å². The van der Waals surface area contributed by atoms with Gasteiger partial charge in [0.1, 0.15) is 5.75 Å². The molecule has 0 saturated heterocycles. The second kappa shape index (κ2) is 4.05. The van der Waals surface area contributed by atoms with Crippen LogP contribution in [0.3, 0.4) is 0 Å². The Morgan fingerprint density at radius 2 is 1.89 bits per heavy atom. The average molecular weight is 246 g/mol. The van der Waals surface area contributed by atoms with Crippen molar-refractivity contribution in [2.45, 2.75) is 33.1 Å². The molecular formula is C14H18N2O2. The van der Waals surface area contributed by atoms with E-state index in [-0.39, 0.29) is 11.2 Å². The lowest BCUT2D eigenvalue weighted by atomic mass is 9.84. The number of nitrogens with zero attached hydrogens (tertiary/aromatic N) is 1. The molecule has 0 aliphatic carbocycles. The molecule has 1 aromatic carbocycles. The Hall–Kier alpha value is -1.97. The normalized spacial score (nSPS) is 11.8. The molecule has 96 valence electrons. The third-order valence-corrected chi connectivity index (χ3v) is 2.94. The quantitative estimate of drug-likeness (QED) is 0.810. The van der Waals surface area contributed by atoms with Gasteiger partial charge in [-0.25, -0.2) is 0 Å². The molecule has 3 N–H and O–H groups in total. The minimum atomic E-state index is -0.103. The van der Waals surface area contributed by atoms with Crippen LogP contribution in [-0.4, -0.2) is 10.3 Å². The number of hydrogen-bond acceptors (Lipinski definition) is 4. The molecule has 4 nitrogen and oxygen atoms in total. The number of aromatic hydroxyl groups is 1. The molecule has 0 aliphatic rings. The number of phenols is 1. The smallest absolute Gasteiger partial charge is 0.169 e. The summed E-state index contributed by atoms with van der Waals surface area (Å²) in [6.45, 7) is 8.16. The van der Waals surface area contributed by atoms with Crippen molar-refractivity contribution in [1.82, 2.24) is 5.16 Å². The van der Waals surface area contributed by atoms with Gasteiger partial charge in [-0.1, -0.05) is 32.0 Å². The number of aryl methyl sites for hydroxylation is 1. The monoisotopic (exact) mass is 246 g/mol. The summed E-state index contributed by atoms with van der Waals surface area (Å²) in [5.74, 6) is 1.17. The second-order valence-corrected chi connectivity index (χ2v) is 5.55. The number of phenolic OH excluding ortho intramolecular Hbond substituents is 1. The fourth-order valence-electron chi connectivity index (χ4n) is 1.98. The molecule has 2 rings (SSSR count). The minimum Gasteiger partial charge on any atom is -0.508 e. The molecule has 0 aliphatic heterocycles. The Morgan fingerprint density at radius 1 is 1.22 bits per heavy atom. The van der Waals surface area contributed by atoms with Gasteiger partial charge in [0.15, 0.2) is 11.6 Å². The van der Waals surface area contributed by atoms with Gasteiger partial charge in [0, 0.05) is 11.6 Å². The van der Waals surface area contributed by atoms with Gasteiger partial charge in [0.05, 0.1) is 0 Å². The molecule has 0 radical (unpaired) electrons. The molecule has 0 unspecified atom stereocenters. The molecule has 0 fully saturated rings. The fourth-order valence-corrected chi connectivity index (χ4v) is 1.98. The summed E-state index contributed by atoms with van der Waals surface area (Å²) in [7, 11) is 0. The largest absolute Gasteiger partial charge is 0.508 e. The zero-order chi connectivity index (χ0) is 13.5. The Morgan fingerprint density at radius 3 is 2.39 bits per heavy atom. The van der Waals surface area contributed by atoms with E-state index in [9.17, 15) is 5.11 Å². The number of hydrogen-bond donors (Lipinski definition) is 2. The summed E-state index contributed by atoms with van der Waals surface area (Å²) < 4.78 is 5.13. The van der Waals surface area contributed by atoms with Crippen molar-refractivity contribution >= 4 is 5.82 Å². The molecule has 0 amide bonds. The van der Waals surface area contributed by atoms with Gasteiger partial charge >= 0.3 is 0 Å². The van der Waals surface area contributed by atoms with Gasteiger partial charge in [0.2, 0.25) is 0 Å². The van der Waals surface area contributed by atoms with Crippen molar-refractivity contribution in [2.75, 3.05) is 5.73 Å². The minimum absolute atomic E-state index is 0.103. The van der Waals surface area contributed by atoms with E-state index >= 15 is 0 Å². The number of rotatable bonds is 1. The molecule has 4 heteroatoms. The van der Waals surface area contributed by atoms with Crippen LogP contribution in [0.1, 0.15) is 31.9 Å². The molecule has 0 saturated carbocycles. The molecule has 0 bridgehead atoms. The highest BCUT2D eigenvalue weighted by atomic mass is 16.5. The van der Waals surface area contributed by atoms with Crippen LogP contribution in [0.4, 0.5) is 5.82 Å². The first-order valence-corrected chi connectivity index (χ1v) is 5.85. The second-order valence-electron chi connectivity index (χ2n) is 5.55. The van der Waals surface area contributed by atoms with Crippen LogP contribution < -0.4 is 5.73 Å². The third-order valence-electron chi connectivity index (χ3n) is 2.94. The molecule has 1 heterocycles. The number of benzene rings is 1. The first kappa shape index (κ1) is 12.5. The van der Waals surface area contributed by atoms with Crippen molar-refractivity contribution in [2.24, 2.45) is 0 Å². The van der Waals surface area contributed by atoms with Crippen LogP contribution in [0.25, 0.3) is 11.3 Å². The molecule has 1 aromatic heterocycles. The number of aromatic nitrogens is 1. The molecule has 18 heavy (non-hydrogen) atoms. The highest BCUT2D eigenvalue weighted by Crippen LogP contribution is 2.36. The predicted molar refractivity (Wildman–Crippen MR) is 71.5 cm³/mol. The van der Waals surface area contributed by atoms with Crippen molar-refractivity contribution in [1.29, 1.82) is 0 Å². The van der Waals surface area contributed by atoms with Crippen molar-refractivity contribution in [3.63, 3.8) is 0 Å². The summed E-state index contributed by atoms with van der Waals surface area (Å²) in [4.78, 5) is 0. The van der Waals surface area contributed by atoms with Gasteiger partial charge in [-0.2, -0.15) is 0 Å². The summed E-state index contributed by atoms with van der Waals surface area (Å²) in [5.41, 5.74) is 8.18. The highest BCUT2D eigenvalue weighted by Gasteiger charge is 2.20. The van der Waals surface area contributed by atoms with Gasteiger partial charge in [-0.05, 0) is 29.5 Å². The lowest BCUT2D eigenvalue weighted by molar-refractivity contribution is 0.432. The average Bonchev–Trinajstić information content (AvgIpc) is 2.66. The van der Waals surface area contributed by atoms with Crippen molar-refractivity contribution < 1.29 is 9.63 Å². The van der Waals surface area contributed by atoms with E-state index in [2.05, 4.69) is 25.9 Å². The van der Waals surface area contributed by atoms with Crippen LogP contribution in [-0.2, 0) is 5.41 Å². The number of nitrogens with two attached hydrogens (primary N) is 1. The summed E-state index contributed by atoms with van der Waals surface area (Å²) >= 11 is 0. The lowest BCUT2D eigenvalue weighted by Gasteiger charge is -2.21. The molecule has 0 atom stereocenters. The summed E-state index contributed by atoms with van der Waals surface area (Å²) in [6.07, 6.45) is 0. The van der Waals surface area contributed by atoms with E-state index in [0.717, 1.165) is 16.7 Å². The van der Waals surface area contributed by atoms with Crippen molar-refractivity contribution in [3.8, 4) is 17.1 Å². The topological polar surface area (TPSA) is 72.3 Å². The molecular weight excluding hydrogens is 228 g/mol. The van der Waals surface area contributed by atoms with E-state index in [0.29, 0.717) is 11.6 Å². The van der Waals surface area contributed by atoms with Gasteiger partial charge in [-0.3, -0.25) is 0 Å². The van der Waals surface area contributed by atoms with E-state index in [4.69, 9.17) is 10.3 Å². The maximum Gasteiger partial charge on any atom is 0.169 e. The summed E-state index contributed by atoms with van der Waals surface area (Å²) in [6, 6.07) is 5.33. The third kappa shape index (κ3) is 2.18. The zero-order valence-corrected chi connectivity index (χ0v) is 11.1. The van der Waals surface area contributed by atoms with Crippen LogP contribution in [0.5, 0.6) is 5.75 Å². The standard InChI is InChI=1S/C14H18N2O2/c1-8-5-10(14(2,3)4)11(17)6-9(8)12-7-13(15)16-18-12/h5-7,17H,1-4H3,(H2,15,16). The van der Waals surface area contributed by atoms with Crippen LogP contribution in [0.2, 0.25) is 0 Å². The van der Waals surface area contributed by atoms with Gasteiger partial charge < -0.3 is 15.4 Å². The zero-order valence-electron chi connectivity index (χ0n) is 11.1. The number of nitrogen functional groups attached to an aromatic ring is 1. The van der Waals surface area contributed by atoms with E-state index < -0.39 is 0 Å². The van der Waals surface area contributed by atoms with Crippen molar-refractivity contribution in [3.05, 3.63) is 29.3 Å². The first-order valence-electron chi connectivity index (χ1n) is 5.85. The Balaban J connectivity index is 2.56. The van der Waals surface area contributed by atoms with Crippen LogP contribution in [0.15, 0.2) is 22.7 Å². The SMILES string of the molecule is Cc1cc(C(C)(C)C)c(O)cc1-c1cc(N)no1. The predicted octanol–water partition coefficient (Wildman–Crippen LogP) is 3.24. The fraction of sp³-hybridized carbons (Fsp3) is 0.357. The number of anilines is 1. The Kier molecular flexibility index (Phi) is 2.81. The molecule has 0 spiro atoms. The maximum atomic E-state index is 10.1. The van der Waals surface area contributed by atoms with E-state index in [1.165, 1.54) is 0 Å². The first-order chi connectivity index (χ1) is 8.29. The Bertz CT molecular complexity index is 580. The lowest BCUT2D eigenvalue weighted by Crippen LogP contribution is -2.11. The molecule has 2 aromatic rings.